The molecule has 0 saturated carbocycles. The third-order valence-corrected chi connectivity index (χ3v) is 4.55. The van der Waals surface area contributed by atoms with Crippen LogP contribution in [0.2, 0.25) is 0 Å². The molecular weight excluding hydrogens is 405 g/mol. The van der Waals surface area contributed by atoms with Gasteiger partial charge < -0.3 is 5.32 Å². The lowest BCUT2D eigenvalue weighted by atomic mass is 9.92. The van der Waals surface area contributed by atoms with Crippen molar-refractivity contribution in [2.75, 3.05) is 0 Å². The molecule has 1 fully saturated rings. The van der Waals surface area contributed by atoms with E-state index >= 15 is 0 Å². The van der Waals surface area contributed by atoms with Gasteiger partial charge in [-0.3, -0.25) is 19.8 Å². The second-order valence-corrected chi connectivity index (χ2v) is 6.30. The van der Waals surface area contributed by atoms with Crippen molar-refractivity contribution < 1.29 is 36.5 Å². The largest absolute Gasteiger partial charge is 0.325 e. The van der Waals surface area contributed by atoms with Gasteiger partial charge in [-0.1, -0.05) is 0 Å². The number of nitrogens with one attached hydrogen (secondary N) is 1. The van der Waals surface area contributed by atoms with Gasteiger partial charge in [0.05, 0.1) is 11.5 Å². The molecule has 1 atom stereocenters. The molecule has 3 amide bonds. The van der Waals surface area contributed by atoms with Crippen molar-refractivity contribution in [1.29, 1.82) is 0 Å². The molecule has 0 unspecified atom stereocenters. The maximum atomic E-state index is 13.9. The smallest absolute Gasteiger partial charge is 0.319 e. The number of carbonyl (C=O) groups excluding carboxylic acids is 2. The van der Waals surface area contributed by atoms with Crippen LogP contribution < -0.4 is 5.32 Å². The summed E-state index contributed by atoms with van der Waals surface area (Å²) in [5, 5.41) is 13.0. The Kier molecular flexibility index (Phi) is 4.73. The van der Waals surface area contributed by atoms with Crippen LogP contribution in [0.25, 0.3) is 0 Å². The third kappa shape index (κ3) is 3.05. The van der Waals surface area contributed by atoms with Gasteiger partial charge in [0.15, 0.2) is 23.3 Å². The molecule has 1 aliphatic heterocycles. The molecule has 1 N–H and O–H groups in total. The number of nitro groups is 1. The maximum Gasteiger partial charge on any atom is 0.325 e. The SMILES string of the molecule is C[C@@]1(c2ccc([N+](=O)[O-])cc2)NC(=O)N(Cc2c(F)c(F)c(F)c(F)c2F)C1=O. The molecule has 1 aliphatic rings. The molecule has 12 heteroatoms. The molecule has 152 valence electrons. The van der Waals surface area contributed by atoms with Gasteiger partial charge >= 0.3 is 6.03 Å². The maximum absolute atomic E-state index is 13.9. The molecule has 29 heavy (non-hydrogen) atoms. The van der Waals surface area contributed by atoms with Crippen molar-refractivity contribution in [3.05, 3.63) is 74.6 Å². The third-order valence-electron chi connectivity index (χ3n) is 4.55. The summed E-state index contributed by atoms with van der Waals surface area (Å²) in [6.45, 7) is 0.0198. The Balaban J connectivity index is 1.97. The van der Waals surface area contributed by atoms with E-state index < -0.39 is 63.6 Å². The summed E-state index contributed by atoms with van der Waals surface area (Å²) in [5.74, 6) is -12.1. The summed E-state index contributed by atoms with van der Waals surface area (Å²) in [4.78, 5) is 35.3. The molecule has 2 aromatic rings. The van der Waals surface area contributed by atoms with Gasteiger partial charge in [-0.2, -0.15) is 0 Å². The average Bonchev–Trinajstić information content (AvgIpc) is 2.91. The molecule has 1 saturated heterocycles. The number of carbonyl (C=O) groups is 2. The highest BCUT2D eigenvalue weighted by atomic mass is 19.2. The van der Waals surface area contributed by atoms with Gasteiger partial charge in [-0.25, -0.2) is 26.7 Å². The van der Waals surface area contributed by atoms with Crippen LogP contribution in [0.5, 0.6) is 0 Å². The summed E-state index contributed by atoms with van der Waals surface area (Å²) >= 11 is 0. The average molecular weight is 415 g/mol. The Morgan fingerprint density at radius 2 is 1.45 bits per heavy atom. The number of nitrogens with zero attached hydrogens (tertiary/aromatic N) is 2. The predicted octanol–water partition coefficient (Wildman–Crippen LogP) is 3.26. The number of non-ortho nitro benzene ring substituents is 1. The zero-order valence-corrected chi connectivity index (χ0v) is 14.4. The zero-order valence-electron chi connectivity index (χ0n) is 14.4. The summed E-state index contributed by atoms with van der Waals surface area (Å²) in [6, 6.07) is 3.40. The lowest BCUT2D eigenvalue weighted by molar-refractivity contribution is -0.384. The fourth-order valence-corrected chi connectivity index (χ4v) is 2.90. The van der Waals surface area contributed by atoms with Crippen LogP contribution in [-0.2, 0) is 16.9 Å². The second kappa shape index (κ2) is 6.79. The first-order chi connectivity index (χ1) is 13.5. The highest BCUT2D eigenvalue weighted by molar-refractivity contribution is 6.07. The first-order valence-electron chi connectivity index (χ1n) is 7.88. The fraction of sp³-hybridized carbons (Fsp3) is 0.176. The minimum Gasteiger partial charge on any atom is -0.319 e. The van der Waals surface area contributed by atoms with Crippen LogP contribution in [0.3, 0.4) is 0 Å². The fourth-order valence-electron chi connectivity index (χ4n) is 2.90. The van der Waals surface area contributed by atoms with Crippen molar-refractivity contribution in [2.24, 2.45) is 0 Å². The molecule has 7 nitrogen and oxygen atoms in total. The van der Waals surface area contributed by atoms with Gasteiger partial charge in [0.2, 0.25) is 5.82 Å². The highest BCUT2D eigenvalue weighted by Gasteiger charge is 2.49. The molecule has 2 aromatic carbocycles. The van der Waals surface area contributed by atoms with Gasteiger partial charge in [0.1, 0.15) is 5.54 Å². The number of imide groups is 1. The molecule has 0 bridgehead atoms. The van der Waals surface area contributed by atoms with Crippen molar-refractivity contribution in [1.82, 2.24) is 10.2 Å². The normalized spacial score (nSPS) is 18.9. The highest BCUT2D eigenvalue weighted by Crippen LogP contribution is 2.32. The van der Waals surface area contributed by atoms with E-state index in [9.17, 15) is 41.7 Å². The summed E-state index contributed by atoms with van der Waals surface area (Å²) in [6.07, 6.45) is 0. The quantitative estimate of drug-likeness (QED) is 0.207. The summed E-state index contributed by atoms with van der Waals surface area (Å²) in [7, 11) is 0. The van der Waals surface area contributed by atoms with E-state index in [4.69, 9.17) is 0 Å². The van der Waals surface area contributed by atoms with Crippen LogP contribution in [0.15, 0.2) is 24.3 Å². The first-order valence-corrected chi connectivity index (χ1v) is 7.88. The van der Waals surface area contributed by atoms with Crippen LogP contribution in [0.4, 0.5) is 32.4 Å². The van der Waals surface area contributed by atoms with Crippen molar-refractivity contribution >= 4 is 17.6 Å². The van der Waals surface area contributed by atoms with Gasteiger partial charge in [0, 0.05) is 17.7 Å². The Morgan fingerprint density at radius 3 is 1.93 bits per heavy atom. The number of hydrogen-bond donors (Lipinski definition) is 1. The van der Waals surface area contributed by atoms with E-state index in [1.165, 1.54) is 19.1 Å². The summed E-state index contributed by atoms with van der Waals surface area (Å²) in [5.41, 5.74) is -3.29. The molecule has 1 heterocycles. The van der Waals surface area contributed by atoms with E-state index in [1.54, 1.807) is 0 Å². The van der Waals surface area contributed by atoms with Crippen molar-refractivity contribution in [3.63, 3.8) is 0 Å². The van der Waals surface area contributed by atoms with E-state index in [2.05, 4.69) is 5.32 Å². The number of urea groups is 1. The minimum atomic E-state index is -2.36. The molecular formula is C17H10F5N3O4. The zero-order chi connectivity index (χ0) is 21.7. The van der Waals surface area contributed by atoms with Crippen LogP contribution in [0, 0.1) is 39.2 Å². The molecule has 0 radical (unpaired) electrons. The number of rotatable bonds is 4. The second-order valence-electron chi connectivity index (χ2n) is 6.30. The van der Waals surface area contributed by atoms with E-state index in [1.807, 2.05) is 0 Å². The van der Waals surface area contributed by atoms with E-state index in [0.717, 1.165) is 12.1 Å². The molecule has 3 rings (SSSR count). The van der Waals surface area contributed by atoms with Crippen LogP contribution in [-0.4, -0.2) is 21.8 Å². The van der Waals surface area contributed by atoms with E-state index in [-0.39, 0.29) is 11.3 Å². The van der Waals surface area contributed by atoms with E-state index in [0.29, 0.717) is 4.90 Å². The monoisotopic (exact) mass is 415 g/mol. The minimum absolute atomic E-state index is 0.112. The topological polar surface area (TPSA) is 92.6 Å². The predicted molar refractivity (Wildman–Crippen MR) is 85.8 cm³/mol. The summed E-state index contributed by atoms with van der Waals surface area (Å²) < 4.78 is 67.7. The Morgan fingerprint density at radius 1 is 0.966 bits per heavy atom. The Bertz CT molecular complexity index is 1030. The standard InChI is InChI=1S/C17H10F5N3O4/c1-17(7-2-4-8(5-3-7)25(28)29)15(26)24(16(27)23-17)6-9-10(18)12(20)14(22)13(21)11(9)19/h2-5H,6H2,1H3,(H,23,27)/t17-/m0/s1. The number of nitro benzene ring substituents is 1. The molecule has 0 aromatic heterocycles. The van der Waals surface area contributed by atoms with Gasteiger partial charge in [-0.15, -0.1) is 0 Å². The number of amides is 3. The lowest BCUT2D eigenvalue weighted by Crippen LogP contribution is -2.40. The molecule has 0 aliphatic carbocycles. The van der Waals surface area contributed by atoms with Crippen LogP contribution >= 0.6 is 0 Å². The van der Waals surface area contributed by atoms with Gasteiger partial charge in [0.25, 0.3) is 11.6 Å². The van der Waals surface area contributed by atoms with Crippen molar-refractivity contribution in [2.45, 2.75) is 19.0 Å². The van der Waals surface area contributed by atoms with Crippen molar-refractivity contribution in [3.8, 4) is 0 Å². The lowest BCUT2D eigenvalue weighted by Gasteiger charge is -2.22. The first kappa shape index (κ1) is 20.2. The Hall–Kier alpha value is -3.57. The van der Waals surface area contributed by atoms with Gasteiger partial charge in [-0.05, 0) is 24.6 Å². The number of benzene rings is 2. The van der Waals surface area contributed by atoms with Crippen LogP contribution in [0.1, 0.15) is 18.1 Å². The Labute approximate surface area is 158 Å². The number of hydrogen-bond acceptors (Lipinski definition) is 4. The molecule has 0 spiro atoms. The number of halogens is 5.